The van der Waals surface area contributed by atoms with Crippen LogP contribution in [0.2, 0.25) is 0 Å². The quantitative estimate of drug-likeness (QED) is 0.835. The number of nitrogens with one attached hydrogen (secondary N) is 2. The second-order valence-corrected chi connectivity index (χ2v) is 4.74. The lowest BCUT2D eigenvalue weighted by atomic mass is 9.96. The molecule has 1 aliphatic heterocycles. The summed E-state index contributed by atoms with van der Waals surface area (Å²) in [6.07, 6.45) is 7.09. The zero-order valence-electron chi connectivity index (χ0n) is 11.2. The Morgan fingerprint density at radius 3 is 3.14 bits per heavy atom. The van der Waals surface area contributed by atoms with Gasteiger partial charge in [0.25, 0.3) is 0 Å². The molecule has 3 heterocycles. The van der Waals surface area contributed by atoms with Crippen LogP contribution in [-0.4, -0.2) is 38.1 Å². The Bertz CT molecular complexity index is 654. The third-order valence-corrected chi connectivity index (χ3v) is 3.29. The van der Waals surface area contributed by atoms with E-state index in [1.54, 1.807) is 23.1 Å². The molecule has 0 aromatic carbocycles. The van der Waals surface area contributed by atoms with E-state index in [2.05, 4.69) is 25.7 Å². The number of carbonyl (C=O) groups is 2. The molecule has 0 saturated carbocycles. The van der Waals surface area contributed by atoms with Crippen LogP contribution in [0, 0.1) is 5.92 Å². The van der Waals surface area contributed by atoms with Crippen molar-refractivity contribution in [3.05, 3.63) is 31.0 Å². The first kappa shape index (κ1) is 13.2. The molecule has 1 atom stereocenters. The largest absolute Gasteiger partial charge is 0.356 e. The van der Waals surface area contributed by atoms with Gasteiger partial charge in [0.05, 0.1) is 6.20 Å². The second kappa shape index (κ2) is 5.70. The van der Waals surface area contributed by atoms with Crippen LogP contribution in [0.4, 0.5) is 5.69 Å². The van der Waals surface area contributed by atoms with Gasteiger partial charge in [-0.1, -0.05) is 0 Å². The molecule has 1 saturated heterocycles. The molecule has 1 aliphatic rings. The van der Waals surface area contributed by atoms with Gasteiger partial charge in [0, 0.05) is 31.3 Å². The zero-order valence-corrected chi connectivity index (χ0v) is 11.2. The van der Waals surface area contributed by atoms with Crippen LogP contribution in [0.3, 0.4) is 0 Å². The fraction of sp³-hybridized carbons (Fsp3) is 0.308. The lowest BCUT2D eigenvalue weighted by Crippen LogP contribution is -2.38. The number of hydrogen-bond donors (Lipinski definition) is 2. The van der Waals surface area contributed by atoms with E-state index in [1.807, 2.05) is 0 Å². The first-order chi connectivity index (χ1) is 10.2. The minimum Gasteiger partial charge on any atom is -0.356 e. The second-order valence-electron chi connectivity index (χ2n) is 4.74. The first-order valence-electron chi connectivity index (χ1n) is 6.61. The summed E-state index contributed by atoms with van der Waals surface area (Å²) in [5, 5.41) is 9.58. The molecule has 2 N–H and O–H groups in total. The highest BCUT2D eigenvalue weighted by Crippen LogP contribution is 2.19. The number of amides is 2. The molecule has 1 unspecified atom stereocenters. The fourth-order valence-corrected chi connectivity index (χ4v) is 2.23. The predicted molar refractivity (Wildman–Crippen MR) is 73.5 cm³/mol. The van der Waals surface area contributed by atoms with Gasteiger partial charge in [-0.2, -0.15) is 5.10 Å². The third-order valence-electron chi connectivity index (χ3n) is 3.29. The van der Waals surface area contributed by atoms with Gasteiger partial charge < -0.3 is 10.6 Å². The number of carbonyl (C=O) groups excluding carboxylic acids is 2. The Balaban J connectivity index is 1.79. The van der Waals surface area contributed by atoms with Crippen molar-refractivity contribution in [2.75, 3.05) is 11.9 Å². The maximum Gasteiger partial charge on any atom is 0.228 e. The number of piperidine rings is 1. The molecule has 21 heavy (non-hydrogen) atoms. The van der Waals surface area contributed by atoms with Crippen LogP contribution in [0.25, 0.3) is 5.82 Å². The maximum atomic E-state index is 12.3. The molecule has 2 amide bonds. The van der Waals surface area contributed by atoms with Crippen LogP contribution >= 0.6 is 0 Å². The van der Waals surface area contributed by atoms with Gasteiger partial charge in [0.15, 0.2) is 5.82 Å². The van der Waals surface area contributed by atoms with Crippen molar-refractivity contribution < 1.29 is 9.59 Å². The summed E-state index contributed by atoms with van der Waals surface area (Å²) in [6.45, 7) is 0.522. The SMILES string of the molecule is O=C1CC(C(=O)Nc2cncnc2-n2cccn2)CCN1. The molecular formula is C13H14N6O2. The number of hydrogen-bond acceptors (Lipinski definition) is 5. The zero-order chi connectivity index (χ0) is 14.7. The van der Waals surface area contributed by atoms with E-state index in [0.717, 1.165) is 0 Å². The summed E-state index contributed by atoms with van der Waals surface area (Å²) in [6, 6.07) is 1.76. The molecular weight excluding hydrogens is 272 g/mol. The average molecular weight is 286 g/mol. The van der Waals surface area contributed by atoms with Crippen molar-refractivity contribution in [2.45, 2.75) is 12.8 Å². The number of rotatable bonds is 3. The van der Waals surface area contributed by atoms with E-state index in [0.29, 0.717) is 24.5 Å². The van der Waals surface area contributed by atoms with Gasteiger partial charge in [-0.3, -0.25) is 9.59 Å². The van der Waals surface area contributed by atoms with Crippen molar-refractivity contribution in [3.63, 3.8) is 0 Å². The summed E-state index contributed by atoms with van der Waals surface area (Å²) in [4.78, 5) is 31.7. The first-order valence-corrected chi connectivity index (χ1v) is 6.61. The molecule has 3 rings (SSSR count). The minimum absolute atomic E-state index is 0.0991. The lowest BCUT2D eigenvalue weighted by molar-refractivity contribution is -0.129. The fourth-order valence-electron chi connectivity index (χ4n) is 2.23. The summed E-state index contributed by atoms with van der Waals surface area (Å²) in [7, 11) is 0. The molecule has 2 aromatic rings. The van der Waals surface area contributed by atoms with E-state index in [-0.39, 0.29) is 24.2 Å². The molecule has 1 fully saturated rings. The number of aromatic nitrogens is 4. The average Bonchev–Trinajstić information content (AvgIpc) is 3.02. The molecule has 0 aliphatic carbocycles. The number of anilines is 1. The maximum absolute atomic E-state index is 12.3. The van der Waals surface area contributed by atoms with Crippen LogP contribution in [0.1, 0.15) is 12.8 Å². The van der Waals surface area contributed by atoms with Gasteiger partial charge in [-0.05, 0) is 12.5 Å². The molecule has 8 nitrogen and oxygen atoms in total. The van der Waals surface area contributed by atoms with Gasteiger partial charge in [0.2, 0.25) is 11.8 Å². The Morgan fingerprint density at radius 1 is 1.48 bits per heavy atom. The van der Waals surface area contributed by atoms with Crippen LogP contribution in [0.5, 0.6) is 0 Å². The standard InChI is InChI=1S/C13H14N6O2/c20-11-6-9(2-4-15-11)13(21)18-10-7-14-8-16-12(10)19-5-1-3-17-19/h1,3,5,7-9H,2,4,6H2,(H,15,20)(H,18,21). The predicted octanol–water partition coefficient (Wildman–Crippen LogP) is 0.127. The number of nitrogens with zero attached hydrogens (tertiary/aromatic N) is 4. The van der Waals surface area contributed by atoms with Crippen molar-refractivity contribution in [2.24, 2.45) is 5.92 Å². The van der Waals surface area contributed by atoms with Crippen molar-refractivity contribution in [3.8, 4) is 5.82 Å². The topological polar surface area (TPSA) is 102 Å². The van der Waals surface area contributed by atoms with E-state index >= 15 is 0 Å². The van der Waals surface area contributed by atoms with E-state index in [1.165, 1.54) is 12.5 Å². The van der Waals surface area contributed by atoms with Crippen LogP contribution in [0.15, 0.2) is 31.0 Å². The Morgan fingerprint density at radius 2 is 2.38 bits per heavy atom. The highest BCUT2D eigenvalue weighted by molar-refractivity contribution is 5.96. The highest BCUT2D eigenvalue weighted by atomic mass is 16.2. The molecule has 0 bridgehead atoms. The van der Waals surface area contributed by atoms with Crippen LogP contribution in [-0.2, 0) is 9.59 Å². The van der Waals surface area contributed by atoms with Gasteiger partial charge in [0.1, 0.15) is 12.0 Å². The molecule has 2 aromatic heterocycles. The van der Waals surface area contributed by atoms with Gasteiger partial charge in [-0.25, -0.2) is 14.6 Å². The monoisotopic (exact) mass is 286 g/mol. The van der Waals surface area contributed by atoms with Crippen molar-refractivity contribution in [1.82, 2.24) is 25.1 Å². The van der Waals surface area contributed by atoms with Crippen LogP contribution < -0.4 is 10.6 Å². The summed E-state index contributed by atoms with van der Waals surface area (Å²) >= 11 is 0. The molecule has 108 valence electrons. The Hall–Kier alpha value is -2.77. The van der Waals surface area contributed by atoms with Crippen molar-refractivity contribution >= 4 is 17.5 Å². The lowest BCUT2D eigenvalue weighted by Gasteiger charge is -2.21. The van der Waals surface area contributed by atoms with E-state index in [4.69, 9.17) is 0 Å². The van der Waals surface area contributed by atoms with Gasteiger partial charge in [-0.15, -0.1) is 0 Å². The van der Waals surface area contributed by atoms with E-state index in [9.17, 15) is 9.59 Å². The minimum atomic E-state index is -0.329. The van der Waals surface area contributed by atoms with Gasteiger partial charge >= 0.3 is 0 Å². The summed E-state index contributed by atoms with van der Waals surface area (Å²) in [5.74, 6) is -0.140. The third kappa shape index (κ3) is 2.88. The summed E-state index contributed by atoms with van der Waals surface area (Å²) in [5.41, 5.74) is 0.470. The normalized spacial score (nSPS) is 18.1. The molecule has 0 spiro atoms. The Kier molecular flexibility index (Phi) is 3.59. The van der Waals surface area contributed by atoms with Crippen molar-refractivity contribution in [1.29, 1.82) is 0 Å². The Labute approximate surface area is 120 Å². The van der Waals surface area contributed by atoms with E-state index < -0.39 is 0 Å². The smallest absolute Gasteiger partial charge is 0.228 e. The molecule has 8 heteroatoms. The highest BCUT2D eigenvalue weighted by Gasteiger charge is 2.26. The summed E-state index contributed by atoms with van der Waals surface area (Å²) < 4.78 is 1.55. The molecule has 0 radical (unpaired) electrons.